The van der Waals surface area contributed by atoms with E-state index in [9.17, 15) is 13.2 Å². The number of amides is 1. The summed E-state index contributed by atoms with van der Waals surface area (Å²) >= 11 is 4.40. The fraction of sp³-hybridized carbons (Fsp3) is 0.353. The minimum absolute atomic E-state index is 0.0347. The molecule has 0 aliphatic rings. The number of anilines is 1. The molecule has 0 aliphatic carbocycles. The van der Waals surface area contributed by atoms with Crippen molar-refractivity contribution in [2.24, 2.45) is 0 Å². The summed E-state index contributed by atoms with van der Waals surface area (Å²) in [5, 5.41) is 0. The van der Waals surface area contributed by atoms with Crippen molar-refractivity contribution < 1.29 is 13.2 Å². The number of rotatable bonds is 8. The Morgan fingerprint density at radius 1 is 1.16 bits per heavy atom. The topological polar surface area (TPSA) is 66.5 Å². The first kappa shape index (κ1) is 19.9. The van der Waals surface area contributed by atoms with E-state index in [0.29, 0.717) is 17.8 Å². The van der Waals surface area contributed by atoms with Gasteiger partial charge in [0.15, 0.2) is 0 Å². The van der Waals surface area contributed by atoms with Gasteiger partial charge in [0.05, 0.1) is 3.79 Å². The highest BCUT2D eigenvalue weighted by atomic mass is 79.9. The molecule has 1 aromatic carbocycles. The number of nitrogens with zero attached hydrogens (tertiary/aromatic N) is 1. The minimum Gasteiger partial charge on any atom is -0.339 e. The lowest BCUT2D eigenvalue weighted by molar-refractivity contribution is 0.0762. The van der Waals surface area contributed by atoms with Gasteiger partial charge in [0.25, 0.3) is 15.9 Å². The van der Waals surface area contributed by atoms with E-state index in [0.717, 1.165) is 34.5 Å². The van der Waals surface area contributed by atoms with Crippen LogP contribution < -0.4 is 4.72 Å². The number of unbranched alkanes of at least 4 members (excludes halogenated alkanes) is 1. The molecule has 136 valence electrons. The van der Waals surface area contributed by atoms with Crippen molar-refractivity contribution in [1.82, 2.24) is 4.90 Å². The Labute approximate surface area is 161 Å². The van der Waals surface area contributed by atoms with Crippen LogP contribution in [0.1, 0.15) is 37.0 Å². The molecule has 8 heteroatoms. The smallest absolute Gasteiger partial charge is 0.271 e. The van der Waals surface area contributed by atoms with Crippen molar-refractivity contribution >= 4 is 48.9 Å². The van der Waals surface area contributed by atoms with Crippen molar-refractivity contribution in [2.45, 2.75) is 30.9 Å². The van der Waals surface area contributed by atoms with Crippen LogP contribution >= 0.6 is 27.3 Å². The van der Waals surface area contributed by atoms with E-state index < -0.39 is 10.0 Å². The normalized spacial score (nSPS) is 11.3. The molecule has 25 heavy (non-hydrogen) atoms. The zero-order valence-corrected chi connectivity index (χ0v) is 17.4. The fourth-order valence-electron chi connectivity index (χ4n) is 2.26. The first-order valence-electron chi connectivity index (χ1n) is 8.05. The summed E-state index contributed by atoms with van der Waals surface area (Å²) in [5.74, 6) is -0.0347. The lowest BCUT2D eigenvalue weighted by Gasteiger charge is -2.20. The maximum atomic E-state index is 12.5. The summed E-state index contributed by atoms with van der Waals surface area (Å²) in [6.45, 7) is 5.43. The third-order valence-corrected chi connectivity index (χ3v) is 7.14. The van der Waals surface area contributed by atoms with Gasteiger partial charge in [-0.15, -0.1) is 11.3 Å². The molecule has 1 aromatic heterocycles. The van der Waals surface area contributed by atoms with Crippen molar-refractivity contribution in [3.63, 3.8) is 0 Å². The average molecular weight is 445 g/mol. The van der Waals surface area contributed by atoms with Crippen LogP contribution in [0.3, 0.4) is 0 Å². The molecule has 0 fully saturated rings. The summed E-state index contributed by atoms with van der Waals surface area (Å²) in [6, 6.07) is 9.76. The second-order valence-corrected chi connectivity index (χ2v) is 9.85. The maximum Gasteiger partial charge on any atom is 0.271 e. The summed E-state index contributed by atoms with van der Waals surface area (Å²) in [7, 11) is -3.62. The van der Waals surface area contributed by atoms with Gasteiger partial charge in [0, 0.05) is 24.3 Å². The van der Waals surface area contributed by atoms with Crippen LogP contribution in [0.5, 0.6) is 0 Å². The van der Waals surface area contributed by atoms with Gasteiger partial charge in [-0.2, -0.15) is 0 Å². The lowest BCUT2D eigenvalue weighted by Crippen LogP contribution is -2.31. The maximum absolute atomic E-state index is 12.5. The van der Waals surface area contributed by atoms with Gasteiger partial charge >= 0.3 is 0 Å². The standard InChI is InChI=1S/C17H21BrN2O3S2/c1-3-5-12-20(4-2)17(21)13-6-8-14(9-7-13)19-25(22,23)16-11-10-15(18)24-16/h6-11,19H,3-5,12H2,1-2H3. The molecule has 0 bridgehead atoms. The molecule has 0 atom stereocenters. The van der Waals surface area contributed by atoms with Gasteiger partial charge in [0.2, 0.25) is 0 Å². The van der Waals surface area contributed by atoms with E-state index in [2.05, 4.69) is 27.6 Å². The van der Waals surface area contributed by atoms with Crippen molar-refractivity contribution in [2.75, 3.05) is 17.8 Å². The predicted molar refractivity (Wildman–Crippen MR) is 106 cm³/mol. The van der Waals surface area contributed by atoms with Crippen molar-refractivity contribution in [1.29, 1.82) is 0 Å². The predicted octanol–water partition coefficient (Wildman–Crippen LogP) is 4.57. The van der Waals surface area contributed by atoms with E-state index in [-0.39, 0.29) is 10.1 Å². The molecule has 0 unspecified atom stereocenters. The van der Waals surface area contributed by atoms with Crippen molar-refractivity contribution in [3.05, 3.63) is 45.7 Å². The highest BCUT2D eigenvalue weighted by Crippen LogP contribution is 2.27. The van der Waals surface area contributed by atoms with Gasteiger partial charge in [-0.25, -0.2) is 8.42 Å². The number of hydrogen-bond donors (Lipinski definition) is 1. The number of sulfonamides is 1. The van der Waals surface area contributed by atoms with Crippen LogP contribution in [0, 0.1) is 0 Å². The van der Waals surface area contributed by atoms with Crippen LogP contribution in [0.25, 0.3) is 0 Å². The van der Waals surface area contributed by atoms with E-state index >= 15 is 0 Å². The molecule has 2 rings (SSSR count). The molecule has 2 aromatic rings. The Morgan fingerprint density at radius 3 is 2.36 bits per heavy atom. The third-order valence-electron chi connectivity index (χ3n) is 3.65. The summed E-state index contributed by atoms with van der Waals surface area (Å²) in [4.78, 5) is 14.3. The minimum atomic E-state index is -3.62. The van der Waals surface area contributed by atoms with Gasteiger partial charge in [0.1, 0.15) is 4.21 Å². The summed E-state index contributed by atoms with van der Waals surface area (Å²) in [5.41, 5.74) is 0.984. The molecule has 0 saturated heterocycles. The van der Waals surface area contributed by atoms with Gasteiger partial charge < -0.3 is 4.90 Å². The molecule has 0 saturated carbocycles. The van der Waals surface area contributed by atoms with Crippen LogP contribution in [0.4, 0.5) is 5.69 Å². The molecule has 1 heterocycles. The Balaban J connectivity index is 2.10. The molecule has 1 N–H and O–H groups in total. The van der Waals surface area contributed by atoms with Crippen LogP contribution in [-0.2, 0) is 10.0 Å². The van der Waals surface area contributed by atoms with Gasteiger partial charge in [-0.05, 0) is 65.7 Å². The third kappa shape index (κ3) is 5.29. The molecule has 5 nitrogen and oxygen atoms in total. The molecule has 0 spiro atoms. The van der Waals surface area contributed by atoms with E-state index in [1.807, 2.05) is 6.92 Å². The summed E-state index contributed by atoms with van der Waals surface area (Å²) in [6.07, 6.45) is 2.00. The quantitative estimate of drug-likeness (QED) is 0.647. The lowest BCUT2D eigenvalue weighted by atomic mass is 10.1. The number of thiophene rings is 1. The molecule has 1 amide bonds. The van der Waals surface area contributed by atoms with E-state index in [1.165, 1.54) is 0 Å². The highest BCUT2D eigenvalue weighted by molar-refractivity contribution is 9.11. The second-order valence-electron chi connectivity index (χ2n) is 5.48. The first-order valence-corrected chi connectivity index (χ1v) is 11.1. The fourth-order valence-corrected chi connectivity index (χ4v) is 5.33. The number of carbonyl (C=O) groups excluding carboxylic acids is 1. The second kappa shape index (κ2) is 8.82. The molecular formula is C17H21BrN2O3S2. The van der Waals surface area contributed by atoms with Crippen LogP contribution in [0.2, 0.25) is 0 Å². The van der Waals surface area contributed by atoms with Crippen LogP contribution in [0.15, 0.2) is 44.4 Å². The highest BCUT2D eigenvalue weighted by Gasteiger charge is 2.18. The zero-order chi connectivity index (χ0) is 18.4. The zero-order valence-electron chi connectivity index (χ0n) is 14.2. The number of halogens is 1. The Kier molecular flexibility index (Phi) is 7.04. The first-order chi connectivity index (χ1) is 11.9. The SMILES string of the molecule is CCCCN(CC)C(=O)c1ccc(NS(=O)(=O)c2ccc(Br)s2)cc1. The molecular weight excluding hydrogens is 424 g/mol. The van der Waals surface area contributed by atoms with E-state index in [1.54, 1.807) is 41.3 Å². The van der Waals surface area contributed by atoms with Crippen LogP contribution in [-0.4, -0.2) is 32.3 Å². The monoisotopic (exact) mass is 444 g/mol. The summed E-state index contributed by atoms with van der Waals surface area (Å²) < 4.78 is 28.1. The largest absolute Gasteiger partial charge is 0.339 e. The van der Waals surface area contributed by atoms with Gasteiger partial charge in [-0.1, -0.05) is 13.3 Å². The van der Waals surface area contributed by atoms with Crippen molar-refractivity contribution in [3.8, 4) is 0 Å². The number of hydrogen-bond acceptors (Lipinski definition) is 4. The number of nitrogens with one attached hydrogen (secondary N) is 1. The molecule has 0 aliphatic heterocycles. The number of carbonyl (C=O) groups is 1. The Hall–Kier alpha value is -1.38. The molecule has 0 radical (unpaired) electrons. The number of benzene rings is 1. The van der Waals surface area contributed by atoms with E-state index in [4.69, 9.17) is 0 Å². The average Bonchev–Trinajstić information content (AvgIpc) is 3.03. The Bertz CT molecular complexity index is 817. The Morgan fingerprint density at radius 2 is 1.84 bits per heavy atom. The van der Waals surface area contributed by atoms with Gasteiger partial charge in [-0.3, -0.25) is 9.52 Å².